The molecule has 0 bridgehead atoms. The molecule has 0 heterocycles. The summed E-state index contributed by atoms with van der Waals surface area (Å²) in [5, 5.41) is 8.62. The highest BCUT2D eigenvalue weighted by Crippen LogP contribution is 2.16. The Balaban J connectivity index is 2.84. The predicted octanol–water partition coefficient (Wildman–Crippen LogP) is 0.741. The summed E-state index contributed by atoms with van der Waals surface area (Å²) in [5.74, 6) is -0.593. The number of terminal acetylenes is 1. The van der Waals surface area contributed by atoms with Crippen LogP contribution in [-0.4, -0.2) is 11.1 Å². The molecular formula is C10H9NO3. The Bertz CT molecular complexity index is 364. The Kier molecular flexibility index (Phi) is 3.10. The summed E-state index contributed by atoms with van der Waals surface area (Å²) in [4.78, 5) is 10.5. The van der Waals surface area contributed by atoms with Crippen LogP contribution in [0.4, 0.5) is 0 Å². The van der Waals surface area contributed by atoms with Gasteiger partial charge in [-0.15, -0.1) is 0 Å². The van der Waals surface area contributed by atoms with Gasteiger partial charge in [-0.25, -0.2) is 0 Å². The molecule has 0 aromatic heterocycles. The topological polar surface area (TPSA) is 72.5 Å². The Hall–Kier alpha value is -1.99. The van der Waals surface area contributed by atoms with E-state index in [1.165, 1.54) is 0 Å². The molecule has 0 aliphatic carbocycles. The molecule has 1 atom stereocenters. The van der Waals surface area contributed by atoms with Crippen LogP contribution in [0, 0.1) is 12.5 Å². The van der Waals surface area contributed by atoms with Crippen LogP contribution in [0.25, 0.3) is 0 Å². The third-order valence-corrected chi connectivity index (χ3v) is 1.68. The first-order chi connectivity index (χ1) is 6.65. The summed E-state index contributed by atoms with van der Waals surface area (Å²) < 4.78 is 4.74. The normalized spacial score (nSPS) is 11.4. The lowest BCUT2D eigenvalue weighted by Gasteiger charge is -2.06. The second kappa shape index (κ2) is 4.30. The smallest absolute Gasteiger partial charge is 0.325 e. The average Bonchev–Trinajstić information content (AvgIpc) is 2.18. The molecule has 0 fully saturated rings. The van der Waals surface area contributed by atoms with Gasteiger partial charge >= 0.3 is 5.97 Å². The number of ether oxygens (including phenoxy) is 1. The van der Waals surface area contributed by atoms with Gasteiger partial charge in [0.05, 0.1) is 0 Å². The van der Waals surface area contributed by atoms with E-state index in [4.69, 9.17) is 22.0 Å². The minimum atomic E-state index is -1.07. The fraction of sp³-hybridized carbons (Fsp3) is 0.100. The summed E-state index contributed by atoms with van der Waals surface area (Å²) in [5.41, 5.74) is 5.88. The van der Waals surface area contributed by atoms with Crippen molar-refractivity contribution in [2.24, 2.45) is 5.73 Å². The van der Waals surface area contributed by atoms with E-state index in [9.17, 15) is 4.79 Å². The van der Waals surface area contributed by atoms with Gasteiger partial charge in [0.2, 0.25) is 0 Å². The number of benzene rings is 1. The van der Waals surface area contributed by atoms with Crippen molar-refractivity contribution in [2.75, 3.05) is 0 Å². The van der Waals surface area contributed by atoms with Crippen LogP contribution in [0.3, 0.4) is 0 Å². The fourth-order valence-corrected chi connectivity index (χ4v) is 0.954. The minimum Gasteiger partial charge on any atom is -0.480 e. The van der Waals surface area contributed by atoms with E-state index in [2.05, 4.69) is 0 Å². The third kappa shape index (κ3) is 2.25. The molecule has 0 amide bonds. The molecule has 0 saturated carbocycles. The summed E-state index contributed by atoms with van der Waals surface area (Å²) in [6, 6.07) is 5.24. The largest absolute Gasteiger partial charge is 0.480 e. The van der Waals surface area contributed by atoms with Crippen molar-refractivity contribution >= 4 is 5.97 Å². The van der Waals surface area contributed by atoms with E-state index < -0.39 is 12.0 Å². The minimum absolute atomic E-state index is 0.480. The van der Waals surface area contributed by atoms with Gasteiger partial charge < -0.3 is 15.6 Å². The molecule has 1 aromatic rings. The molecule has 1 rings (SSSR count). The van der Waals surface area contributed by atoms with Gasteiger partial charge in [0.25, 0.3) is 0 Å². The molecule has 0 aliphatic heterocycles. The van der Waals surface area contributed by atoms with Gasteiger partial charge in [-0.2, -0.15) is 0 Å². The molecule has 0 radical (unpaired) electrons. The number of carbonyl (C=O) groups is 1. The van der Waals surface area contributed by atoms with E-state index >= 15 is 0 Å². The first-order valence-corrected chi connectivity index (χ1v) is 3.86. The Morgan fingerprint density at radius 1 is 1.50 bits per heavy atom. The monoisotopic (exact) mass is 191 g/mol. The molecule has 4 heteroatoms. The maximum Gasteiger partial charge on any atom is 0.325 e. The van der Waals surface area contributed by atoms with Crippen molar-refractivity contribution in [2.45, 2.75) is 6.04 Å². The summed E-state index contributed by atoms with van der Waals surface area (Å²) in [7, 11) is 0. The maximum absolute atomic E-state index is 10.5. The summed E-state index contributed by atoms with van der Waals surface area (Å²) >= 11 is 0. The van der Waals surface area contributed by atoms with Crippen molar-refractivity contribution in [3.8, 4) is 18.3 Å². The second-order valence-corrected chi connectivity index (χ2v) is 2.60. The molecule has 0 aliphatic rings. The van der Waals surface area contributed by atoms with Crippen molar-refractivity contribution in [1.29, 1.82) is 0 Å². The van der Waals surface area contributed by atoms with Crippen molar-refractivity contribution in [3.63, 3.8) is 0 Å². The maximum atomic E-state index is 10.5. The molecule has 0 saturated heterocycles. The van der Waals surface area contributed by atoms with Gasteiger partial charge in [0.1, 0.15) is 17.9 Å². The number of nitrogens with two attached hydrogens (primary N) is 1. The SMILES string of the molecule is C#COc1ccc(C(N)C(=O)O)cc1. The van der Waals surface area contributed by atoms with Gasteiger partial charge in [-0.1, -0.05) is 18.6 Å². The van der Waals surface area contributed by atoms with Crippen LogP contribution in [0.5, 0.6) is 5.75 Å². The lowest BCUT2D eigenvalue weighted by molar-refractivity contribution is -0.138. The van der Waals surface area contributed by atoms with Crippen LogP contribution >= 0.6 is 0 Å². The zero-order valence-electron chi connectivity index (χ0n) is 7.31. The molecule has 72 valence electrons. The highest BCUT2D eigenvalue weighted by atomic mass is 16.5. The van der Waals surface area contributed by atoms with E-state index in [0.29, 0.717) is 11.3 Å². The zero-order valence-corrected chi connectivity index (χ0v) is 7.31. The average molecular weight is 191 g/mol. The standard InChI is InChI=1S/C10H9NO3/c1-2-14-8-5-3-7(4-6-8)9(11)10(12)13/h1,3-6,9H,11H2,(H,12,13). The molecule has 3 N–H and O–H groups in total. The molecule has 14 heavy (non-hydrogen) atoms. The van der Waals surface area contributed by atoms with Gasteiger partial charge in [-0.3, -0.25) is 4.79 Å². The summed E-state index contributed by atoms with van der Waals surface area (Å²) in [6.45, 7) is 0. The molecule has 4 nitrogen and oxygen atoms in total. The Labute approximate surface area is 81.3 Å². The van der Waals surface area contributed by atoms with Crippen molar-refractivity contribution in [1.82, 2.24) is 0 Å². The predicted molar refractivity (Wildman–Crippen MR) is 50.5 cm³/mol. The van der Waals surface area contributed by atoms with E-state index in [-0.39, 0.29) is 0 Å². The highest BCUT2D eigenvalue weighted by Gasteiger charge is 2.13. The first-order valence-electron chi connectivity index (χ1n) is 3.86. The van der Waals surface area contributed by atoms with Crippen LogP contribution in [-0.2, 0) is 4.79 Å². The number of carboxylic acids is 1. The van der Waals surface area contributed by atoms with E-state index in [1.54, 1.807) is 24.3 Å². The van der Waals surface area contributed by atoms with Gasteiger partial charge in [-0.05, 0) is 17.7 Å². The van der Waals surface area contributed by atoms with Crippen LogP contribution in [0.2, 0.25) is 0 Å². The number of hydrogen-bond donors (Lipinski definition) is 2. The zero-order chi connectivity index (χ0) is 10.6. The van der Waals surface area contributed by atoms with Crippen LogP contribution in [0.1, 0.15) is 11.6 Å². The molecule has 1 aromatic carbocycles. The lowest BCUT2D eigenvalue weighted by Crippen LogP contribution is -2.20. The van der Waals surface area contributed by atoms with Crippen LogP contribution < -0.4 is 10.5 Å². The second-order valence-electron chi connectivity index (χ2n) is 2.60. The lowest BCUT2D eigenvalue weighted by atomic mass is 10.1. The molecular weight excluding hydrogens is 182 g/mol. The quantitative estimate of drug-likeness (QED) is 0.691. The van der Waals surface area contributed by atoms with Gasteiger partial charge in [0.15, 0.2) is 0 Å². The van der Waals surface area contributed by atoms with E-state index in [1.807, 2.05) is 6.11 Å². The number of aliphatic carboxylic acids is 1. The third-order valence-electron chi connectivity index (χ3n) is 1.68. The highest BCUT2D eigenvalue weighted by molar-refractivity contribution is 5.75. The van der Waals surface area contributed by atoms with Crippen molar-refractivity contribution in [3.05, 3.63) is 29.8 Å². The fourth-order valence-electron chi connectivity index (χ4n) is 0.954. The Morgan fingerprint density at radius 2 is 2.07 bits per heavy atom. The number of hydrogen-bond acceptors (Lipinski definition) is 3. The van der Waals surface area contributed by atoms with Crippen LogP contribution in [0.15, 0.2) is 24.3 Å². The molecule has 1 unspecified atom stereocenters. The van der Waals surface area contributed by atoms with Crippen molar-refractivity contribution < 1.29 is 14.6 Å². The first kappa shape index (κ1) is 10.1. The van der Waals surface area contributed by atoms with Gasteiger partial charge in [0, 0.05) is 0 Å². The Morgan fingerprint density at radius 3 is 2.50 bits per heavy atom. The summed E-state index contributed by atoms with van der Waals surface area (Å²) in [6.07, 6.45) is 6.92. The number of carboxylic acid groups (broad SMARTS) is 1. The van der Waals surface area contributed by atoms with E-state index in [0.717, 1.165) is 0 Å². The number of rotatable bonds is 3. The molecule has 0 spiro atoms.